The van der Waals surface area contributed by atoms with Gasteiger partial charge in [-0.2, -0.15) is 5.26 Å². The van der Waals surface area contributed by atoms with E-state index < -0.39 is 5.91 Å². The van der Waals surface area contributed by atoms with Gasteiger partial charge in [-0.15, -0.1) is 0 Å². The number of ether oxygens (including phenoxy) is 3. The lowest BCUT2D eigenvalue weighted by Gasteiger charge is -2.07. The van der Waals surface area contributed by atoms with Crippen molar-refractivity contribution < 1.29 is 19.0 Å². The van der Waals surface area contributed by atoms with Crippen molar-refractivity contribution in [3.63, 3.8) is 0 Å². The number of amides is 1. The number of nitrogens with zero attached hydrogens (tertiary/aromatic N) is 1. The quantitative estimate of drug-likeness (QED) is 0.448. The summed E-state index contributed by atoms with van der Waals surface area (Å²) in [5.74, 6) is 0.844. The molecule has 0 radical (unpaired) electrons. The number of rotatable bonds is 8. The summed E-state index contributed by atoms with van der Waals surface area (Å²) in [6.07, 6.45) is 1.52. The summed E-state index contributed by atoms with van der Waals surface area (Å²) < 4.78 is 15.5. The van der Waals surface area contributed by atoms with Gasteiger partial charge in [0.15, 0.2) is 0 Å². The minimum Gasteiger partial charge on any atom is -0.497 e. The molecule has 6 nitrogen and oxygen atoms in total. The van der Waals surface area contributed by atoms with E-state index in [0.717, 1.165) is 0 Å². The lowest BCUT2D eigenvalue weighted by Crippen LogP contribution is -2.13. The maximum Gasteiger partial charge on any atom is 0.266 e. The Morgan fingerprint density at radius 1 is 1.12 bits per heavy atom. The Hall–Kier alpha value is -3.30. The van der Waals surface area contributed by atoms with E-state index in [1.54, 1.807) is 62.8 Å². The second-order valence-corrected chi connectivity index (χ2v) is 5.27. The van der Waals surface area contributed by atoms with Crippen molar-refractivity contribution in [1.82, 2.24) is 0 Å². The Bertz CT molecular complexity index is 807. The summed E-state index contributed by atoms with van der Waals surface area (Å²) in [4.78, 5) is 12.3. The molecule has 2 aromatic carbocycles. The van der Waals surface area contributed by atoms with Crippen LogP contribution in [0.3, 0.4) is 0 Å². The molecule has 2 rings (SSSR count). The molecule has 6 heteroatoms. The number of nitrogens with one attached hydrogen (secondary N) is 1. The van der Waals surface area contributed by atoms with E-state index in [-0.39, 0.29) is 5.57 Å². The molecule has 0 fully saturated rings. The molecule has 0 saturated heterocycles. The van der Waals surface area contributed by atoms with Gasteiger partial charge in [-0.3, -0.25) is 4.79 Å². The number of nitriles is 1. The summed E-state index contributed by atoms with van der Waals surface area (Å²) in [5, 5.41) is 12.0. The summed E-state index contributed by atoms with van der Waals surface area (Å²) >= 11 is 0. The van der Waals surface area contributed by atoms with Gasteiger partial charge in [0.1, 0.15) is 29.7 Å². The highest BCUT2D eigenvalue weighted by atomic mass is 16.5. The average Bonchev–Trinajstić information content (AvgIpc) is 2.67. The molecule has 0 atom stereocenters. The molecule has 0 unspecified atom stereocenters. The molecule has 0 aromatic heterocycles. The highest BCUT2D eigenvalue weighted by Gasteiger charge is 2.10. The van der Waals surface area contributed by atoms with E-state index in [1.807, 2.05) is 6.07 Å². The monoisotopic (exact) mass is 352 g/mol. The van der Waals surface area contributed by atoms with Gasteiger partial charge in [-0.25, -0.2) is 0 Å². The van der Waals surface area contributed by atoms with Gasteiger partial charge in [0.2, 0.25) is 0 Å². The highest BCUT2D eigenvalue weighted by Crippen LogP contribution is 2.18. The lowest BCUT2D eigenvalue weighted by molar-refractivity contribution is -0.112. The number of anilines is 1. The SMILES string of the molecule is COCCOc1cccc(/C=C(\C#N)C(=O)Nc2ccc(OC)cc2)c1. The second kappa shape index (κ2) is 9.87. The van der Waals surface area contributed by atoms with Crippen LogP contribution < -0.4 is 14.8 Å². The van der Waals surface area contributed by atoms with Gasteiger partial charge in [0.05, 0.1) is 13.7 Å². The van der Waals surface area contributed by atoms with Gasteiger partial charge < -0.3 is 19.5 Å². The Kier molecular flexibility index (Phi) is 7.22. The van der Waals surface area contributed by atoms with Crippen molar-refractivity contribution in [2.24, 2.45) is 0 Å². The first kappa shape index (κ1) is 19.0. The summed E-state index contributed by atoms with van der Waals surface area (Å²) in [5.41, 5.74) is 1.27. The van der Waals surface area contributed by atoms with Crippen LogP contribution in [0.1, 0.15) is 5.56 Å². The Balaban J connectivity index is 2.09. The molecule has 0 heterocycles. The molecule has 2 aromatic rings. The third-order valence-corrected chi connectivity index (χ3v) is 3.44. The van der Waals surface area contributed by atoms with E-state index in [2.05, 4.69) is 5.32 Å². The summed E-state index contributed by atoms with van der Waals surface area (Å²) in [7, 11) is 3.17. The topological polar surface area (TPSA) is 80.6 Å². The fraction of sp³-hybridized carbons (Fsp3) is 0.200. The molecular weight excluding hydrogens is 332 g/mol. The molecule has 26 heavy (non-hydrogen) atoms. The number of carbonyl (C=O) groups is 1. The fourth-order valence-corrected chi connectivity index (χ4v) is 2.13. The summed E-state index contributed by atoms with van der Waals surface area (Å²) in [6.45, 7) is 0.903. The zero-order valence-electron chi connectivity index (χ0n) is 14.7. The van der Waals surface area contributed by atoms with Crippen LogP contribution >= 0.6 is 0 Å². The van der Waals surface area contributed by atoms with E-state index in [1.165, 1.54) is 6.08 Å². The van der Waals surface area contributed by atoms with E-state index in [0.29, 0.717) is 36.0 Å². The van der Waals surface area contributed by atoms with Gasteiger partial charge in [0.25, 0.3) is 5.91 Å². The molecule has 1 amide bonds. The number of hydrogen-bond acceptors (Lipinski definition) is 5. The van der Waals surface area contributed by atoms with Gasteiger partial charge in [-0.05, 0) is 48.0 Å². The largest absolute Gasteiger partial charge is 0.497 e. The zero-order chi connectivity index (χ0) is 18.8. The van der Waals surface area contributed by atoms with Crippen molar-refractivity contribution in [3.8, 4) is 17.6 Å². The van der Waals surface area contributed by atoms with Crippen molar-refractivity contribution in [3.05, 3.63) is 59.7 Å². The normalized spacial score (nSPS) is 10.7. The predicted molar refractivity (Wildman–Crippen MR) is 99.0 cm³/mol. The molecule has 134 valence electrons. The molecule has 0 aliphatic rings. The van der Waals surface area contributed by atoms with Crippen molar-refractivity contribution >= 4 is 17.7 Å². The maximum atomic E-state index is 12.3. The lowest BCUT2D eigenvalue weighted by atomic mass is 10.1. The van der Waals surface area contributed by atoms with Crippen LogP contribution in [-0.4, -0.2) is 33.3 Å². The van der Waals surface area contributed by atoms with Crippen LogP contribution in [-0.2, 0) is 9.53 Å². The first-order valence-corrected chi connectivity index (χ1v) is 7.95. The standard InChI is InChI=1S/C20H20N2O4/c1-24-10-11-26-19-5-3-4-15(13-19)12-16(14-21)20(23)22-17-6-8-18(25-2)9-7-17/h3-9,12-13H,10-11H2,1-2H3,(H,22,23)/b16-12+. The zero-order valence-corrected chi connectivity index (χ0v) is 14.7. The highest BCUT2D eigenvalue weighted by molar-refractivity contribution is 6.09. The molecule has 0 saturated carbocycles. The van der Waals surface area contributed by atoms with Crippen LogP contribution in [0.2, 0.25) is 0 Å². The average molecular weight is 352 g/mol. The van der Waals surface area contributed by atoms with Crippen molar-refractivity contribution in [2.75, 3.05) is 32.8 Å². The van der Waals surface area contributed by atoms with E-state index >= 15 is 0 Å². The predicted octanol–water partition coefficient (Wildman–Crippen LogP) is 3.27. The van der Waals surface area contributed by atoms with Gasteiger partial charge in [-0.1, -0.05) is 12.1 Å². The first-order valence-electron chi connectivity index (χ1n) is 7.95. The smallest absolute Gasteiger partial charge is 0.266 e. The molecule has 0 aliphatic carbocycles. The molecule has 0 spiro atoms. The number of methoxy groups -OCH3 is 2. The van der Waals surface area contributed by atoms with E-state index in [9.17, 15) is 10.1 Å². The third kappa shape index (κ3) is 5.65. The van der Waals surface area contributed by atoms with Crippen LogP contribution in [0.15, 0.2) is 54.1 Å². The Labute approximate surface area is 152 Å². The Morgan fingerprint density at radius 2 is 1.88 bits per heavy atom. The first-order chi connectivity index (χ1) is 12.7. The molecule has 1 N–H and O–H groups in total. The van der Waals surface area contributed by atoms with Crippen LogP contribution in [0.4, 0.5) is 5.69 Å². The number of carbonyl (C=O) groups excluding carboxylic acids is 1. The van der Waals surface area contributed by atoms with Crippen molar-refractivity contribution in [2.45, 2.75) is 0 Å². The number of hydrogen-bond donors (Lipinski definition) is 1. The Morgan fingerprint density at radius 3 is 2.54 bits per heavy atom. The molecule has 0 bridgehead atoms. The second-order valence-electron chi connectivity index (χ2n) is 5.27. The van der Waals surface area contributed by atoms with Crippen LogP contribution in [0.5, 0.6) is 11.5 Å². The van der Waals surface area contributed by atoms with Crippen LogP contribution in [0.25, 0.3) is 6.08 Å². The maximum absolute atomic E-state index is 12.3. The summed E-state index contributed by atoms with van der Waals surface area (Å²) in [6, 6.07) is 15.9. The fourth-order valence-electron chi connectivity index (χ4n) is 2.13. The minimum atomic E-state index is -0.483. The third-order valence-electron chi connectivity index (χ3n) is 3.44. The van der Waals surface area contributed by atoms with E-state index in [4.69, 9.17) is 14.2 Å². The molecular formula is C20H20N2O4. The van der Waals surface area contributed by atoms with Crippen molar-refractivity contribution in [1.29, 1.82) is 5.26 Å². The number of benzene rings is 2. The molecule has 0 aliphatic heterocycles. The minimum absolute atomic E-state index is 0.00476. The van der Waals surface area contributed by atoms with Gasteiger partial charge >= 0.3 is 0 Å². The van der Waals surface area contributed by atoms with Gasteiger partial charge in [0, 0.05) is 12.8 Å². The van der Waals surface area contributed by atoms with Crippen LogP contribution in [0, 0.1) is 11.3 Å².